The van der Waals surface area contributed by atoms with Gasteiger partial charge in [-0.05, 0) is 53.7 Å². The number of carbonyl (C=O) groups excluding carboxylic acids is 2. The molecule has 4 rings (SSSR count). The first-order valence-corrected chi connectivity index (χ1v) is 11.3. The minimum absolute atomic E-state index is 0.101. The van der Waals surface area contributed by atoms with Gasteiger partial charge in [-0.3, -0.25) is 14.5 Å². The van der Waals surface area contributed by atoms with Gasteiger partial charge in [-0.15, -0.1) is 0 Å². The van der Waals surface area contributed by atoms with Crippen molar-refractivity contribution in [3.8, 4) is 11.5 Å². The Bertz CT molecular complexity index is 1280. The Morgan fingerprint density at radius 2 is 1.76 bits per heavy atom. The summed E-state index contributed by atoms with van der Waals surface area (Å²) < 4.78 is 39.0. The van der Waals surface area contributed by atoms with E-state index in [9.17, 15) is 18.4 Å². The quantitative estimate of drug-likeness (QED) is 0.349. The number of imide groups is 1. The van der Waals surface area contributed by atoms with E-state index < -0.39 is 22.8 Å². The Balaban J connectivity index is 1.51. The van der Waals surface area contributed by atoms with Crippen LogP contribution in [-0.2, 0) is 17.9 Å². The van der Waals surface area contributed by atoms with Gasteiger partial charge in [0, 0.05) is 11.1 Å². The van der Waals surface area contributed by atoms with Gasteiger partial charge in [-0.1, -0.05) is 41.9 Å². The summed E-state index contributed by atoms with van der Waals surface area (Å²) in [4.78, 5) is 26.3. The minimum Gasteiger partial charge on any atom is -0.493 e. The molecule has 3 aromatic rings. The van der Waals surface area contributed by atoms with E-state index in [4.69, 9.17) is 21.1 Å². The third-order valence-corrected chi connectivity index (χ3v) is 6.34. The lowest BCUT2D eigenvalue weighted by molar-refractivity contribution is -0.123. The predicted octanol–water partition coefficient (Wildman–Crippen LogP) is 6.44. The van der Waals surface area contributed by atoms with E-state index in [0.29, 0.717) is 17.1 Å². The van der Waals surface area contributed by atoms with Crippen LogP contribution in [0.4, 0.5) is 13.6 Å². The monoisotopic (exact) mass is 501 g/mol. The molecule has 0 N–H and O–H groups in total. The zero-order chi connectivity index (χ0) is 24.2. The van der Waals surface area contributed by atoms with Crippen LogP contribution in [0.5, 0.6) is 11.5 Å². The second-order valence-electron chi connectivity index (χ2n) is 7.26. The molecule has 0 unspecified atom stereocenters. The standard InChI is InChI=1S/C25H18ClF2NO4S/c1-32-22-11-15(9-10-21(22)33-14-17-18(26)6-4-8-20(17)28)12-23-24(30)29(25(31)34-23)13-16-5-2-3-7-19(16)27/h2-12H,13-14H2,1H3/b23-12-. The molecular formula is C25H18ClF2NO4S. The molecule has 1 aliphatic rings. The summed E-state index contributed by atoms with van der Waals surface area (Å²) in [7, 11) is 1.45. The molecule has 0 saturated carbocycles. The van der Waals surface area contributed by atoms with Gasteiger partial charge in [-0.25, -0.2) is 8.78 Å². The summed E-state index contributed by atoms with van der Waals surface area (Å²) in [5.41, 5.74) is 1.06. The van der Waals surface area contributed by atoms with Crippen molar-refractivity contribution < 1.29 is 27.8 Å². The fraction of sp³-hybridized carbons (Fsp3) is 0.120. The zero-order valence-electron chi connectivity index (χ0n) is 17.9. The summed E-state index contributed by atoms with van der Waals surface area (Å²) >= 11 is 6.82. The average Bonchev–Trinajstić information content (AvgIpc) is 3.08. The van der Waals surface area contributed by atoms with Gasteiger partial charge in [0.25, 0.3) is 11.1 Å². The molecule has 1 heterocycles. The van der Waals surface area contributed by atoms with E-state index in [1.807, 2.05) is 0 Å². The predicted molar refractivity (Wildman–Crippen MR) is 127 cm³/mol. The highest BCUT2D eigenvalue weighted by Crippen LogP contribution is 2.36. The van der Waals surface area contributed by atoms with Gasteiger partial charge >= 0.3 is 0 Å². The Morgan fingerprint density at radius 1 is 1.00 bits per heavy atom. The number of amides is 2. The number of methoxy groups -OCH3 is 1. The van der Waals surface area contributed by atoms with Crippen LogP contribution < -0.4 is 9.47 Å². The summed E-state index contributed by atoms with van der Waals surface area (Å²) in [5.74, 6) is -0.762. The van der Waals surface area contributed by atoms with Crippen molar-refractivity contribution in [2.75, 3.05) is 7.11 Å². The van der Waals surface area contributed by atoms with Crippen molar-refractivity contribution in [3.63, 3.8) is 0 Å². The maximum absolute atomic E-state index is 14.0. The zero-order valence-corrected chi connectivity index (χ0v) is 19.5. The van der Waals surface area contributed by atoms with E-state index in [2.05, 4.69) is 0 Å². The summed E-state index contributed by atoms with van der Waals surface area (Å²) in [6.45, 7) is -0.250. The lowest BCUT2D eigenvalue weighted by atomic mass is 10.1. The van der Waals surface area contributed by atoms with Gasteiger partial charge in [0.1, 0.15) is 18.2 Å². The van der Waals surface area contributed by atoms with Crippen LogP contribution in [0.2, 0.25) is 5.02 Å². The Morgan fingerprint density at radius 3 is 2.50 bits per heavy atom. The van der Waals surface area contributed by atoms with Crippen molar-refractivity contribution in [2.45, 2.75) is 13.2 Å². The molecule has 0 aliphatic carbocycles. The molecule has 1 saturated heterocycles. The van der Waals surface area contributed by atoms with Gasteiger partial charge in [-0.2, -0.15) is 0 Å². The van der Waals surface area contributed by atoms with Gasteiger partial charge in [0.15, 0.2) is 11.5 Å². The second kappa shape index (κ2) is 10.3. The number of nitrogens with zero attached hydrogens (tertiary/aromatic N) is 1. The topological polar surface area (TPSA) is 55.8 Å². The number of halogens is 3. The smallest absolute Gasteiger partial charge is 0.293 e. The van der Waals surface area contributed by atoms with Gasteiger partial charge in [0.05, 0.1) is 23.6 Å². The van der Waals surface area contributed by atoms with Crippen molar-refractivity contribution in [2.24, 2.45) is 0 Å². The fourth-order valence-electron chi connectivity index (χ4n) is 3.30. The number of hydrogen-bond donors (Lipinski definition) is 0. The van der Waals surface area contributed by atoms with Crippen LogP contribution in [0.1, 0.15) is 16.7 Å². The molecule has 0 radical (unpaired) electrons. The molecule has 0 bridgehead atoms. The molecule has 0 aromatic heterocycles. The summed E-state index contributed by atoms with van der Waals surface area (Å²) in [6, 6.07) is 15.3. The first kappa shape index (κ1) is 23.8. The largest absolute Gasteiger partial charge is 0.493 e. The van der Waals surface area contributed by atoms with Crippen molar-refractivity contribution in [1.29, 1.82) is 0 Å². The van der Waals surface area contributed by atoms with Crippen LogP contribution in [-0.4, -0.2) is 23.2 Å². The Kier molecular flexibility index (Phi) is 7.19. The number of thioether (sulfide) groups is 1. The van der Waals surface area contributed by atoms with Crippen LogP contribution in [0.25, 0.3) is 6.08 Å². The van der Waals surface area contributed by atoms with Gasteiger partial charge < -0.3 is 9.47 Å². The van der Waals surface area contributed by atoms with Crippen LogP contribution in [0, 0.1) is 11.6 Å². The molecule has 5 nitrogen and oxygen atoms in total. The minimum atomic E-state index is -0.508. The molecule has 0 atom stereocenters. The molecule has 9 heteroatoms. The summed E-state index contributed by atoms with van der Waals surface area (Å²) in [5, 5.41) is -0.227. The number of hydrogen-bond acceptors (Lipinski definition) is 5. The average molecular weight is 502 g/mol. The maximum atomic E-state index is 14.0. The molecule has 2 amide bonds. The highest BCUT2D eigenvalue weighted by molar-refractivity contribution is 8.18. The normalized spacial score (nSPS) is 14.7. The molecule has 1 aliphatic heterocycles. The Hall–Kier alpha value is -3.36. The molecule has 34 heavy (non-hydrogen) atoms. The first-order valence-electron chi connectivity index (χ1n) is 10.1. The lowest BCUT2D eigenvalue weighted by Gasteiger charge is -2.13. The molecule has 1 fully saturated rings. The third-order valence-electron chi connectivity index (χ3n) is 5.08. The third kappa shape index (κ3) is 5.08. The molecular weight excluding hydrogens is 484 g/mol. The first-order chi connectivity index (χ1) is 16.4. The number of benzene rings is 3. The molecule has 0 spiro atoms. The SMILES string of the molecule is COc1cc(/C=C2\SC(=O)N(Cc3ccccc3F)C2=O)ccc1OCc1c(F)cccc1Cl. The van der Waals surface area contributed by atoms with Crippen LogP contribution in [0.15, 0.2) is 65.6 Å². The second-order valence-corrected chi connectivity index (χ2v) is 8.66. The van der Waals surface area contributed by atoms with E-state index in [1.54, 1.807) is 36.4 Å². The van der Waals surface area contributed by atoms with E-state index in [0.717, 1.165) is 16.7 Å². The maximum Gasteiger partial charge on any atom is 0.293 e. The molecule has 174 valence electrons. The highest BCUT2D eigenvalue weighted by atomic mass is 35.5. The van der Waals surface area contributed by atoms with E-state index >= 15 is 0 Å². The molecule has 3 aromatic carbocycles. The number of carbonyl (C=O) groups is 2. The Labute approximate surface area is 203 Å². The van der Waals surface area contributed by atoms with Crippen LogP contribution in [0.3, 0.4) is 0 Å². The number of rotatable bonds is 7. The van der Waals surface area contributed by atoms with E-state index in [-0.39, 0.29) is 34.2 Å². The number of ether oxygens (including phenoxy) is 2. The highest BCUT2D eigenvalue weighted by Gasteiger charge is 2.35. The summed E-state index contributed by atoms with van der Waals surface area (Å²) in [6.07, 6.45) is 1.55. The van der Waals surface area contributed by atoms with Crippen molar-refractivity contribution >= 4 is 40.6 Å². The van der Waals surface area contributed by atoms with Crippen LogP contribution >= 0.6 is 23.4 Å². The van der Waals surface area contributed by atoms with E-state index in [1.165, 1.54) is 37.4 Å². The van der Waals surface area contributed by atoms with Gasteiger partial charge in [0.2, 0.25) is 0 Å². The van der Waals surface area contributed by atoms with Crippen molar-refractivity contribution in [3.05, 3.63) is 98.9 Å². The fourth-order valence-corrected chi connectivity index (χ4v) is 4.35. The lowest BCUT2D eigenvalue weighted by Crippen LogP contribution is -2.27. The van der Waals surface area contributed by atoms with Crippen molar-refractivity contribution in [1.82, 2.24) is 4.90 Å².